The quantitative estimate of drug-likeness (QED) is 0.727. The van der Waals surface area contributed by atoms with E-state index in [0.29, 0.717) is 30.0 Å². The first-order valence-electron chi connectivity index (χ1n) is 6.17. The molecule has 5 heteroatoms. The number of pyridine rings is 1. The molecule has 1 aromatic heterocycles. The molecular formula is C14H15F3N2. The van der Waals surface area contributed by atoms with Crippen LogP contribution >= 0.6 is 0 Å². The summed E-state index contributed by atoms with van der Waals surface area (Å²) < 4.78 is 38.3. The summed E-state index contributed by atoms with van der Waals surface area (Å²) in [6, 6.07) is 3.43. The lowest BCUT2D eigenvalue weighted by Gasteiger charge is -2.34. The van der Waals surface area contributed by atoms with Crippen LogP contribution in [0.4, 0.5) is 19.0 Å². The molecule has 102 valence electrons. The molecule has 1 atom stereocenters. The van der Waals surface area contributed by atoms with Crippen LogP contribution < -0.4 is 4.90 Å². The molecule has 0 radical (unpaired) electrons. The first-order valence-corrected chi connectivity index (χ1v) is 6.17. The van der Waals surface area contributed by atoms with Gasteiger partial charge in [0.25, 0.3) is 0 Å². The molecule has 1 fully saturated rings. The predicted molar refractivity (Wildman–Crippen MR) is 67.9 cm³/mol. The van der Waals surface area contributed by atoms with E-state index in [0.717, 1.165) is 0 Å². The highest BCUT2D eigenvalue weighted by Gasteiger charge is 2.42. The third-order valence-corrected chi connectivity index (χ3v) is 3.43. The summed E-state index contributed by atoms with van der Waals surface area (Å²) in [5.41, 5.74) is 1.35. The molecule has 1 aromatic rings. The van der Waals surface area contributed by atoms with E-state index in [9.17, 15) is 13.2 Å². The molecule has 0 aliphatic carbocycles. The first-order chi connectivity index (χ1) is 8.91. The van der Waals surface area contributed by atoms with Crippen molar-refractivity contribution in [3.8, 4) is 12.3 Å². The van der Waals surface area contributed by atoms with Crippen molar-refractivity contribution in [2.24, 2.45) is 5.92 Å². The number of rotatable bonds is 1. The van der Waals surface area contributed by atoms with Crippen molar-refractivity contribution >= 4 is 5.82 Å². The number of hydrogen-bond donors (Lipinski definition) is 0. The van der Waals surface area contributed by atoms with E-state index < -0.39 is 12.1 Å². The minimum absolute atomic E-state index is 0.0225. The third-order valence-electron chi connectivity index (χ3n) is 3.43. The maximum absolute atomic E-state index is 12.8. The van der Waals surface area contributed by atoms with Gasteiger partial charge in [0, 0.05) is 18.7 Å². The summed E-state index contributed by atoms with van der Waals surface area (Å²) in [5.74, 6) is 1.80. The Hall–Kier alpha value is -1.70. The highest BCUT2D eigenvalue weighted by molar-refractivity contribution is 5.46. The Balaban J connectivity index is 2.18. The molecule has 1 aliphatic heterocycles. The van der Waals surface area contributed by atoms with Gasteiger partial charge in [-0.1, -0.05) is 5.92 Å². The van der Waals surface area contributed by atoms with Crippen molar-refractivity contribution in [1.82, 2.24) is 4.98 Å². The van der Waals surface area contributed by atoms with Crippen molar-refractivity contribution in [1.29, 1.82) is 0 Å². The zero-order valence-corrected chi connectivity index (χ0v) is 10.7. The van der Waals surface area contributed by atoms with Crippen molar-refractivity contribution in [2.75, 3.05) is 18.0 Å². The molecule has 0 bridgehead atoms. The Morgan fingerprint density at radius 1 is 1.42 bits per heavy atom. The van der Waals surface area contributed by atoms with Gasteiger partial charge < -0.3 is 4.90 Å². The van der Waals surface area contributed by atoms with E-state index >= 15 is 0 Å². The molecular weight excluding hydrogens is 253 g/mol. The van der Waals surface area contributed by atoms with Gasteiger partial charge in [0.2, 0.25) is 0 Å². The zero-order valence-electron chi connectivity index (χ0n) is 10.7. The van der Waals surface area contributed by atoms with Crippen molar-refractivity contribution in [3.63, 3.8) is 0 Å². The summed E-state index contributed by atoms with van der Waals surface area (Å²) >= 11 is 0. The summed E-state index contributed by atoms with van der Waals surface area (Å²) in [7, 11) is 0. The minimum atomic E-state index is -4.13. The lowest BCUT2D eigenvalue weighted by molar-refractivity contribution is -0.176. The monoisotopic (exact) mass is 268 g/mol. The minimum Gasteiger partial charge on any atom is -0.356 e. The number of halogens is 3. The van der Waals surface area contributed by atoms with E-state index in [2.05, 4.69) is 10.9 Å². The van der Waals surface area contributed by atoms with Crippen molar-refractivity contribution < 1.29 is 13.2 Å². The van der Waals surface area contributed by atoms with Crippen LogP contribution in [0.3, 0.4) is 0 Å². The van der Waals surface area contributed by atoms with Crippen LogP contribution in [0, 0.1) is 25.2 Å². The van der Waals surface area contributed by atoms with E-state index in [1.165, 1.54) is 0 Å². The van der Waals surface area contributed by atoms with Gasteiger partial charge in [0.05, 0.1) is 11.6 Å². The van der Waals surface area contributed by atoms with Crippen LogP contribution in [0.25, 0.3) is 0 Å². The summed E-state index contributed by atoms with van der Waals surface area (Å²) in [5, 5.41) is 0. The zero-order chi connectivity index (χ0) is 14.0. The summed E-state index contributed by atoms with van der Waals surface area (Å²) in [4.78, 5) is 5.99. The highest BCUT2D eigenvalue weighted by Crippen LogP contribution is 2.34. The van der Waals surface area contributed by atoms with Gasteiger partial charge in [-0.3, -0.25) is 0 Å². The average molecular weight is 268 g/mol. The van der Waals surface area contributed by atoms with Gasteiger partial charge in [0.1, 0.15) is 5.82 Å². The number of nitrogens with zero attached hydrogens (tertiary/aromatic N) is 2. The van der Waals surface area contributed by atoms with Gasteiger partial charge in [0.15, 0.2) is 0 Å². The molecule has 0 spiro atoms. The largest absolute Gasteiger partial charge is 0.393 e. The van der Waals surface area contributed by atoms with Crippen LogP contribution in [0.5, 0.6) is 0 Å². The molecule has 0 N–H and O–H groups in total. The summed E-state index contributed by atoms with van der Waals surface area (Å²) in [6.45, 7) is 2.35. The number of terminal acetylenes is 1. The number of aromatic nitrogens is 1. The average Bonchev–Trinajstić information content (AvgIpc) is 2.38. The second-order valence-electron chi connectivity index (χ2n) is 4.77. The molecule has 0 aromatic carbocycles. The second kappa shape index (κ2) is 5.12. The molecule has 1 aliphatic rings. The fourth-order valence-electron chi connectivity index (χ4n) is 2.33. The lowest BCUT2D eigenvalue weighted by Crippen LogP contribution is -2.42. The standard InChI is InChI=1S/C14H15F3N2/c1-3-11-6-7-13(18-10(11)2)19-8-4-5-12(9-19)14(15,16)17/h1,6-7,12H,4-5,8-9H2,2H3. The molecule has 2 rings (SSSR count). The Morgan fingerprint density at radius 2 is 2.16 bits per heavy atom. The number of anilines is 1. The highest BCUT2D eigenvalue weighted by atomic mass is 19.4. The third kappa shape index (κ3) is 3.01. The Labute approximate surface area is 110 Å². The number of alkyl halides is 3. The number of hydrogen-bond acceptors (Lipinski definition) is 2. The molecule has 0 amide bonds. The fraction of sp³-hybridized carbons (Fsp3) is 0.500. The van der Waals surface area contributed by atoms with E-state index in [4.69, 9.17) is 6.42 Å². The second-order valence-corrected chi connectivity index (χ2v) is 4.77. The van der Waals surface area contributed by atoms with Crippen LogP contribution in [0.15, 0.2) is 12.1 Å². The van der Waals surface area contributed by atoms with Gasteiger partial charge >= 0.3 is 6.18 Å². The Morgan fingerprint density at radius 3 is 2.74 bits per heavy atom. The molecule has 2 nitrogen and oxygen atoms in total. The molecule has 2 heterocycles. The maximum Gasteiger partial charge on any atom is 0.393 e. The van der Waals surface area contributed by atoms with Gasteiger partial charge in [-0.05, 0) is 31.9 Å². The normalized spacial score (nSPS) is 20.2. The molecule has 0 saturated carbocycles. The number of aryl methyl sites for hydroxylation is 1. The lowest BCUT2D eigenvalue weighted by atomic mass is 9.97. The van der Waals surface area contributed by atoms with Crippen LogP contribution in [-0.4, -0.2) is 24.2 Å². The van der Waals surface area contributed by atoms with Gasteiger partial charge in [-0.15, -0.1) is 6.42 Å². The smallest absolute Gasteiger partial charge is 0.356 e. The topological polar surface area (TPSA) is 16.1 Å². The van der Waals surface area contributed by atoms with Crippen LogP contribution in [0.2, 0.25) is 0 Å². The molecule has 1 unspecified atom stereocenters. The number of piperidine rings is 1. The molecule has 19 heavy (non-hydrogen) atoms. The predicted octanol–water partition coefficient (Wildman–Crippen LogP) is 3.15. The van der Waals surface area contributed by atoms with Crippen molar-refractivity contribution in [2.45, 2.75) is 25.9 Å². The summed E-state index contributed by atoms with van der Waals surface area (Å²) in [6.07, 6.45) is 1.90. The van der Waals surface area contributed by atoms with Crippen LogP contribution in [-0.2, 0) is 0 Å². The molecule has 1 saturated heterocycles. The fourth-order valence-corrected chi connectivity index (χ4v) is 2.33. The Bertz CT molecular complexity index is 502. The SMILES string of the molecule is C#Cc1ccc(N2CCCC(C(F)(F)F)C2)nc1C. The van der Waals surface area contributed by atoms with Crippen LogP contribution in [0.1, 0.15) is 24.1 Å². The van der Waals surface area contributed by atoms with Gasteiger partial charge in [-0.2, -0.15) is 13.2 Å². The van der Waals surface area contributed by atoms with E-state index in [1.807, 2.05) is 0 Å². The van der Waals surface area contributed by atoms with E-state index in [-0.39, 0.29) is 13.0 Å². The maximum atomic E-state index is 12.8. The van der Waals surface area contributed by atoms with Crippen molar-refractivity contribution in [3.05, 3.63) is 23.4 Å². The first kappa shape index (κ1) is 13.7. The van der Waals surface area contributed by atoms with E-state index in [1.54, 1.807) is 24.0 Å². The Kier molecular flexibility index (Phi) is 3.70. The van der Waals surface area contributed by atoms with Gasteiger partial charge in [-0.25, -0.2) is 4.98 Å².